The SMILES string of the molecule is CN(C(=O)c1cccc(-c2ccc3c(=O)ccoc3c2)c1)C1CCOCC1. The van der Waals surface area contributed by atoms with Crippen LogP contribution in [0.4, 0.5) is 0 Å². The van der Waals surface area contributed by atoms with E-state index in [4.69, 9.17) is 9.15 Å². The molecule has 1 aromatic heterocycles. The summed E-state index contributed by atoms with van der Waals surface area (Å²) in [5, 5.41) is 0.549. The van der Waals surface area contributed by atoms with Gasteiger partial charge in [-0.2, -0.15) is 0 Å². The summed E-state index contributed by atoms with van der Waals surface area (Å²) in [5.74, 6) is 0.0103. The Kier molecular flexibility index (Phi) is 4.77. The van der Waals surface area contributed by atoms with Gasteiger partial charge in [0.2, 0.25) is 0 Å². The lowest BCUT2D eigenvalue weighted by atomic mass is 10.0. The van der Waals surface area contributed by atoms with E-state index >= 15 is 0 Å². The van der Waals surface area contributed by atoms with Gasteiger partial charge in [-0.1, -0.05) is 18.2 Å². The number of carbonyl (C=O) groups is 1. The van der Waals surface area contributed by atoms with Gasteiger partial charge in [-0.05, 0) is 48.2 Å². The number of carbonyl (C=O) groups excluding carboxylic acids is 1. The minimum absolute atomic E-state index is 0.0103. The van der Waals surface area contributed by atoms with Crippen LogP contribution in [0.3, 0.4) is 0 Å². The van der Waals surface area contributed by atoms with Gasteiger partial charge in [0.1, 0.15) is 5.58 Å². The van der Waals surface area contributed by atoms with Crippen molar-refractivity contribution < 1.29 is 13.9 Å². The van der Waals surface area contributed by atoms with E-state index in [1.165, 1.54) is 12.3 Å². The lowest BCUT2D eigenvalue weighted by molar-refractivity contribution is 0.0362. The molecular weight excluding hydrogens is 342 g/mol. The molecule has 3 aromatic rings. The van der Waals surface area contributed by atoms with E-state index in [1.54, 1.807) is 6.07 Å². The topological polar surface area (TPSA) is 59.8 Å². The molecule has 0 N–H and O–H groups in total. The Bertz CT molecular complexity index is 1030. The van der Waals surface area contributed by atoms with E-state index < -0.39 is 0 Å². The summed E-state index contributed by atoms with van der Waals surface area (Å²) in [6, 6.07) is 14.7. The fraction of sp³-hybridized carbons (Fsp3) is 0.273. The number of amides is 1. The maximum atomic E-state index is 12.9. The molecule has 1 saturated heterocycles. The highest BCUT2D eigenvalue weighted by Gasteiger charge is 2.23. The molecule has 5 nitrogen and oxygen atoms in total. The maximum Gasteiger partial charge on any atom is 0.253 e. The van der Waals surface area contributed by atoms with Crippen molar-refractivity contribution in [1.29, 1.82) is 0 Å². The van der Waals surface area contributed by atoms with Crippen molar-refractivity contribution in [3.63, 3.8) is 0 Å². The van der Waals surface area contributed by atoms with Crippen molar-refractivity contribution >= 4 is 16.9 Å². The van der Waals surface area contributed by atoms with Gasteiger partial charge in [-0.25, -0.2) is 0 Å². The van der Waals surface area contributed by atoms with Crippen LogP contribution in [-0.2, 0) is 4.74 Å². The Morgan fingerprint density at radius 2 is 1.81 bits per heavy atom. The first-order valence-electron chi connectivity index (χ1n) is 9.10. The summed E-state index contributed by atoms with van der Waals surface area (Å²) in [7, 11) is 1.86. The second kappa shape index (κ2) is 7.37. The minimum Gasteiger partial charge on any atom is -0.464 e. The zero-order valence-electron chi connectivity index (χ0n) is 15.2. The van der Waals surface area contributed by atoms with Crippen molar-refractivity contribution in [2.75, 3.05) is 20.3 Å². The van der Waals surface area contributed by atoms with Gasteiger partial charge in [-0.15, -0.1) is 0 Å². The Labute approximate surface area is 157 Å². The van der Waals surface area contributed by atoms with Crippen LogP contribution in [0.25, 0.3) is 22.1 Å². The van der Waals surface area contributed by atoms with Crippen LogP contribution in [0.2, 0.25) is 0 Å². The number of nitrogens with zero attached hydrogens (tertiary/aromatic N) is 1. The molecule has 0 spiro atoms. The highest BCUT2D eigenvalue weighted by atomic mass is 16.5. The number of rotatable bonds is 3. The van der Waals surface area contributed by atoms with Gasteiger partial charge < -0.3 is 14.1 Å². The predicted molar refractivity (Wildman–Crippen MR) is 104 cm³/mol. The highest BCUT2D eigenvalue weighted by Crippen LogP contribution is 2.25. The Balaban J connectivity index is 1.64. The smallest absolute Gasteiger partial charge is 0.253 e. The molecular formula is C22H21NO4. The van der Waals surface area contributed by atoms with Crippen LogP contribution in [0.5, 0.6) is 0 Å². The van der Waals surface area contributed by atoms with E-state index in [2.05, 4.69) is 0 Å². The minimum atomic E-state index is -0.0650. The van der Waals surface area contributed by atoms with E-state index in [0.29, 0.717) is 29.7 Å². The van der Waals surface area contributed by atoms with Gasteiger partial charge in [-0.3, -0.25) is 9.59 Å². The molecule has 0 radical (unpaired) electrons. The molecule has 27 heavy (non-hydrogen) atoms. The van der Waals surface area contributed by atoms with Gasteiger partial charge in [0.15, 0.2) is 5.43 Å². The van der Waals surface area contributed by atoms with Crippen molar-refractivity contribution in [1.82, 2.24) is 4.90 Å². The molecule has 0 bridgehead atoms. The first-order chi connectivity index (χ1) is 13.1. The molecule has 1 fully saturated rings. The summed E-state index contributed by atoms with van der Waals surface area (Å²) < 4.78 is 10.8. The van der Waals surface area contributed by atoms with Crippen LogP contribution < -0.4 is 5.43 Å². The lowest BCUT2D eigenvalue weighted by Gasteiger charge is -2.31. The second-order valence-electron chi connectivity index (χ2n) is 6.84. The summed E-state index contributed by atoms with van der Waals surface area (Å²) in [5.41, 5.74) is 2.94. The van der Waals surface area contributed by atoms with E-state index in [1.807, 2.05) is 48.3 Å². The summed E-state index contributed by atoms with van der Waals surface area (Å²) >= 11 is 0. The van der Waals surface area contributed by atoms with E-state index in [-0.39, 0.29) is 17.4 Å². The average Bonchev–Trinajstić information content (AvgIpc) is 2.73. The number of ether oxygens (including phenoxy) is 1. The maximum absolute atomic E-state index is 12.9. The third kappa shape index (κ3) is 3.51. The third-order valence-corrected chi connectivity index (χ3v) is 5.16. The molecule has 2 heterocycles. The fourth-order valence-corrected chi connectivity index (χ4v) is 3.54. The van der Waals surface area contributed by atoms with Crippen LogP contribution in [0.1, 0.15) is 23.2 Å². The van der Waals surface area contributed by atoms with Gasteiger partial charge in [0, 0.05) is 37.9 Å². The van der Waals surface area contributed by atoms with Gasteiger partial charge >= 0.3 is 0 Å². The number of fused-ring (bicyclic) bond motifs is 1. The number of hydrogen-bond donors (Lipinski definition) is 0. The summed E-state index contributed by atoms with van der Waals surface area (Å²) in [4.78, 5) is 26.6. The molecule has 138 valence electrons. The van der Waals surface area contributed by atoms with Gasteiger partial charge in [0.25, 0.3) is 5.91 Å². The van der Waals surface area contributed by atoms with Crippen LogP contribution in [0, 0.1) is 0 Å². The largest absolute Gasteiger partial charge is 0.464 e. The van der Waals surface area contributed by atoms with Crippen LogP contribution in [-0.4, -0.2) is 37.1 Å². The van der Waals surface area contributed by atoms with Crippen LogP contribution in [0.15, 0.2) is 64.0 Å². The molecule has 2 aromatic carbocycles. The van der Waals surface area contributed by atoms with Crippen molar-refractivity contribution in [2.45, 2.75) is 18.9 Å². The summed E-state index contributed by atoms with van der Waals surface area (Å²) in [6.45, 7) is 1.40. The Morgan fingerprint density at radius 3 is 2.63 bits per heavy atom. The zero-order valence-corrected chi connectivity index (χ0v) is 15.2. The molecule has 4 rings (SSSR count). The first-order valence-corrected chi connectivity index (χ1v) is 9.10. The summed E-state index contributed by atoms with van der Waals surface area (Å²) in [6.07, 6.45) is 3.13. The second-order valence-corrected chi connectivity index (χ2v) is 6.84. The van der Waals surface area contributed by atoms with E-state index in [9.17, 15) is 9.59 Å². The molecule has 5 heteroatoms. The van der Waals surface area contributed by atoms with E-state index in [0.717, 1.165) is 24.0 Å². The zero-order chi connectivity index (χ0) is 18.8. The standard InChI is InChI=1S/C22H21NO4/c1-23(18-7-10-26-11-8-18)22(25)17-4-2-3-15(13-17)16-5-6-19-20(24)9-12-27-21(19)14-16/h2-6,9,12-14,18H,7-8,10-11H2,1H3. The molecule has 1 amide bonds. The predicted octanol–water partition coefficient (Wildman–Crippen LogP) is 3.71. The third-order valence-electron chi connectivity index (χ3n) is 5.16. The molecule has 0 atom stereocenters. The molecule has 1 aliphatic heterocycles. The van der Waals surface area contributed by atoms with Crippen molar-refractivity contribution in [3.8, 4) is 11.1 Å². The number of benzene rings is 2. The molecule has 0 unspecified atom stereocenters. The van der Waals surface area contributed by atoms with Crippen molar-refractivity contribution in [2.24, 2.45) is 0 Å². The first kappa shape index (κ1) is 17.5. The monoisotopic (exact) mass is 363 g/mol. The molecule has 0 saturated carbocycles. The normalized spacial score (nSPS) is 15.0. The fourth-order valence-electron chi connectivity index (χ4n) is 3.54. The van der Waals surface area contributed by atoms with Crippen LogP contribution >= 0.6 is 0 Å². The highest BCUT2D eigenvalue weighted by molar-refractivity contribution is 5.96. The quantitative estimate of drug-likeness (QED) is 0.712. The Morgan fingerprint density at radius 1 is 1.04 bits per heavy atom. The molecule has 0 aliphatic carbocycles. The molecule has 1 aliphatic rings. The lowest BCUT2D eigenvalue weighted by Crippen LogP contribution is -2.40. The van der Waals surface area contributed by atoms with Crippen molar-refractivity contribution in [3.05, 3.63) is 70.6 Å². The Hall–Kier alpha value is -2.92. The number of hydrogen-bond acceptors (Lipinski definition) is 4. The average molecular weight is 363 g/mol. The van der Waals surface area contributed by atoms with Gasteiger partial charge in [0.05, 0.1) is 11.6 Å².